The molecule has 2 heterocycles. The smallest absolute Gasteiger partial charge is 0.0616 e. The van der Waals surface area contributed by atoms with E-state index < -0.39 is 0 Å². The van der Waals surface area contributed by atoms with Crippen LogP contribution in [0.5, 0.6) is 0 Å². The lowest BCUT2D eigenvalue weighted by Crippen LogP contribution is -2.15. The van der Waals surface area contributed by atoms with Gasteiger partial charge >= 0.3 is 0 Å². The first-order valence-corrected chi connectivity index (χ1v) is 8.29. The predicted octanol–water partition coefficient (Wildman–Crippen LogP) is 4.09. The van der Waals surface area contributed by atoms with E-state index >= 15 is 0 Å². The van der Waals surface area contributed by atoms with Gasteiger partial charge in [-0.2, -0.15) is 0 Å². The third kappa shape index (κ3) is 2.69. The molecular formula is C20H23NO. The Balaban J connectivity index is 1.49. The van der Waals surface area contributed by atoms with Crippen LogP contribution in [0.3, 0.4) is 0 Å². The zero-order valence-electron chi connectivity index (χ0n) is 13.2. The Morgan fingerprint density at radius 2 is 1.86 bits per heavy atom. The second-order valence-corrected chi connectivity index (χ2v) is 6.63. The van der Waals surface area contributed by atoms with Gasteiger partial charge in [-0.15, -0.1) is 0 Å². The standard InChI is InChI=1S/C20H23NO/c1-15-20(9-10-22-15)17-7-8-18-13-21(14-19(18)11-17)12-16-5-3-2-4-6-16/h2-8,11,15,20H,9-10,12-14H2,1H3. The lowest BCUT2D eigenvalue weighted by molar-refractivity contribution is 0.118. The first-order chi connectivity index (χ1) is 10.8. The van der Waals surface area contributed by atoms with Crippen LogP contribution in [0.15, 0.2) is 48.5 Å². The van der Waals surface area contributed by atoms with Crippen LogP contribution in [0.25, 0.3) is 0 Å². The number of benzene rings is 2. The van der Waals surface area contributed by atoms with Crippen LogP contribution in [0, 0.1) is 0 Å². The summed E-state index contributed by atoms with van der Waals surface area (Å²) in [5, 5.41) is 0. The van der Waals surface area contributed by atoms with Gasteiger partial charge < -0.3 is 4.74 Å². The van der Waals surface area contributed by atoms with E-state index in [-0.39, 0.29) is 0 Å². The minimum atomic E-state index is 0.361. The molecule has 2 aromatic carbocycles. The lowest BCUT2D eigenvalue weighted by Gasteiger charge is -2.15. The number of ether oxygens (including phenoxy) is 1. The Morgan fingerprint density at radius 1 is 1.05 bits per heavy atom. The average Bonchev–Trinajstić information content (AvgIpc) is 3.13. The molecule has 0 bridgehead atoms. The third-order valence-electron chi connectivity index (χ3n) is 5.07. The van der Waals surface area contributed by atoms with Gasteiger partial charge in [-0.25, -0.2) is 0 Å². The van der Waals surface area contributed by atoms with Crippen molar-refractivity contribution in [2.75, 3.05) is 6.61 Å². The molecule has 114 valence electrons. The van der Waals surface area contributed by atoms with Crippen molar-refractivity contribution < 1.29 is 4.74 Å². The van der Waals surface area contributed by atoms with Crippen LogP contribution in [-0.2, 0) is 24.4 Å². The van der Waals surface area contributed by atoms with Gasteiger partial charge in [0.05, 0.1) is 6.10 Å². The van der Waals surface area contributed by atoms with Crippen molar-refractivity contribution in [3.8, 4) is 0 Å². The zero-order valence-corrected chi connectivity index (χ0v) is 13.2. The van der Waals surface area contributed by atoms with Crippen molar-refractivity contribution >= 4 is 0 Å². The predicted molar refractivity (Wildman–Crippen MR) is 88.6 cm³/mol. The molecular weight excluding hydrogens is 270 g/mol. The summed E-state index contributed by atoms with van der Waals surface area (Å²) in [6, 6.07) is 17.8. The van der Waals surface area contributed by atoms with Gasteiger partial charge in [0.15, 0.2) is 0 Å². The quantitative estimate of drug-likeness (QED) is 0.845. The van der Waals surface area contributed by atoms with Crippen LogP contribution in [-0.4, -0.2) is 17.6 Å². The molecule has 2 heteroatoms. The van der Waals surface area contributed by atoms with Crippen LogP contribution < -0.4 is 0 Å². The van der Waals surface area contributed by atoms with Crippen molar-refractivity contribution in [3.05, 3.63) is 70.8 Å². The Morgan fingerprint density at radius 3 is 2.64 bits per heavy atom. The number of rotatable bonds is 3. The summed E-state index contributed by atoms with van der Waals surface area (Å²) < 4.78 is 5.73. The van der Waals surface area contributed by atoms with E-state index in [0.717, 1.165) is 32.7 Å². The first-order valence-electron chi connectivity index (χ1n) is 8.29. The molecule has 2 aliphatic rings. The molecule has 2 aliphatic heterocycles. The summed E-state index contributed by atoms with van der Waals surface area (Å²) in [7, 11) is 0. The van der Waals surface area contributed by atoms with Crippen LogP contribution in [0.2, 0.25) is 0 Å². The van der Waals surface area contributed by atoms with Gasteiger partial charge in [-0.05, 0) is 35.6 Å². The van der Waals surface area contributed by atoms with E-state index in [2.05, 4.69) is 60.4 Å². The second-order valence-electron chi connectivity index (χ2n) is 6.63. The van der Waals surface area contributed by atoms with E-state index in [1.54, 1.807) is 0 Å². The van der Waals surface area contributed by atoms with Crippen molar-refractivity contribution in [2.24, 2.45) is 0 Å². The average molecular weight is 293 g/mol. The summed E-state index contributed by atoms with van der Waals surface area (Å²) in [5.41, 5.74) is 5.86. The highest BCUT2D eigenvalue weighted by Crippen LogP contribution is 2.34. The van der Waals surface area contributed by atoms with E-state index in [0.29, 0.717) is 12.0 Å². The number of hydrogen-bond donors (Lipinski definition) is 0. The fourth-order valence-corrected chi connectivity index (χ4v) is 3.84. The fourth-order valence-electron chi connectivity index (χ4n) is 3.84. The Labute approximate surface area is 132 Å². The van der Waals surface area contributed by atoms with Gasteiger partial charge in [-0.1, -0.05) is 48.5 Å². The maximum absolute atomic E-state index is 5.73. The van der Waals surface area contributed by atoms with Crippen molar-refractivity contribution in [1.29, 1.82) is 0 Å². The SMILES string of the molecule is CC1OCCC1c1ccc2c(c1)CN(Cc1ccccc1)C2. The lowest BCUT2D eigenvalue weighted by atomic mass is 9.91. The maximum atomic E-state index is 5.73. The van der Waals surface area contributed by atoms with Gasteiger partial charge in [0.25, 0.3) is 0 Å². The monoisotopic (exact) mass is 293 g/mol. The first kappa shape index (κ1) is 14.0. The largest absolute Gasteiger partial charge is 0.378 e. The highest BCUT2D eigenvalue weighted by atomic mass is 16.5. The molecule has 2 atom stereocenters. The molecule has 0 amide bonds. The maximum Gasteiger partial charge on any atom is 0.0616 e. The van der Waals surface area contributed by atoms with Crippen LogP contribution in [0.4, 0.5) is 0 Å². The minimum absolute atomic E-state index is 0.361. The molecule has 22 heavy (non-hydrogen) atoms. The Bertz CT molecular complexity index is 652. The topological polar surface area (TPSA) is 12.5 Å². The number of nitrogens with zero attached hydrogens (tertiary/aromatic N) is 1. The van der Waals surface area contributed by atoms with Gasteiger partial charge in [0, 0.05) is 32.2 Å². The van der Waals surface area contributed by atoms with E-state index in [4.69, 9.17) is 4.74 Å². The molecule has 0 radical (unpaired) electrons. The van der Waals surface area contributed by atoms with E-state index in [1.807, 2.05) is 0 Å². The molecule has 2 unspecified atom stereocenters. The normalized spacial score (nSPS) is 24.6. The highest BCUT2D eigenvalue weighted by molar-refractivity contribution is 5.37. The second kappa shape index (κ2) is 5.86. The summed E-state index contributed by atoms with van der Waals surface area (Å²) >= 11 is 0. The van der Waals surface area contributed by atoms with Gasteiger partial charge in [-0.3, -0.25) is 4.90 Å². The summed E-state index contributed by atoms with van der Waals surface area (Å²) in [6.45, 7) is 6.28. The minimum Gasteiger partial charge on any atom is -0.378 e. The van der Waals surface area contributed by atoms with Crippen LogP contribution >= 0.6 is 0 Å². The van der Waals surface area contributed by atoms with E-state index in [9.17, 15) is 0 Å². The summed E-state index contributed by atoms with van der Waals surface area (Å²) in [5.74, 6) is 0.577. The van der Waals surface area contributed by atoms with Gasteiger partial charge in [0.2, 0.25) is 0 Å². The van der Waals surface area contributed by atoms with Crippen molar-refractivity contribution in [1.82, 2.24) is 4.90 Å². The van der Waals surface area contributed by atoms with Crippen LogP contribution in [0.1, 0.15) is 41.5 Å². The zero-order chi connectivity index (χ0) is 14.9. The van der Waals surface area contributed by atoms with Crippen molar-refractivity contribution in [3.63, 3.8) is 0 Å². The van der Waals surface area contributed by atoms with Crippen molar-refractivity contribution in [2.45, 2.75) is 45.0 Å². The molecule has 0 spiro atoms. The molecule has 0 aliphatic carbocycles. The Kier molecular flexibility index (Phi) is 3.73. The molecule has 4 rings (SSSR count). The molecule has 1 fully saturated rings. The highest BCUT2D eigenvalue weighted by Gasteiger charge is 2.27. The number of fused-ring (bicyclic) bond motifs is 1. The fraction of sp³-hybridized carbons (Fsp3) is 0.400. The molecule has 0 saturated carbocycles. The summed E-state index contributed by atoms with van der Waals surface area (Å²) in [6.07, 6.45) is 1.52. The molecule has 0 N–H and O–H groups in total. The van der Waals surface area contributed by atoms with E-state index in [1.165, 1.54) is 22.3 Å². The molecule has 1 saturated heterocycles. The molecule has 2 aromatic rings. The number of hydrogen-bond acceptors (Lipinski definition) is 2. The third-order valence-corrected chi connectivity index (χ3v) is 5.07. The van der Waals surface area contributed by atoms with Gasteiger partial charge in [0.1, 0.15) is 0 Å². The molecule has 2 nitrogen and oxygen atoms in total. The summed E-state index contributed by atoms with van der Waals surface area (Å²) in [4.78, 5) is 2.53. The Hall–Kier alpha value is -1.64. The molecule has 0 aromatic heterocycles.